The fourth-order valence-electron chi connectivity index (χ4n) is 2.15. The van der Waals surface area contributed by atoms with Gasteiger partial charge in [0.15, 0.2) is 9.84 Å². The molecule has 1 aromatic rings. The van der Waals surface area contributed by atoms with E-state index in [9.17, 15) is 8.42 Å². The monoisotopic (exact) mass is 299 g/mol. The first-order valence-corrected chi connectivity index (χ1v) is 8.86. The predicted molar refractivity (Wildman–Crippen MR) is 82.8 cm³/mol. The molecule has 1 aromatic carbocycles. The average Bonchev–Trinajstić information content (AvgIpc) is 2.43. The van der Waals surface area contributed by atoms with Gasteiger partial charge >= 0.3 is 0 Å². The van der Waals surface area contributed by atoms with Crippen LogP contribution in [0, 0.1) is 5.92 Å². The Bertz CT molecular complexity index is 500. The molecule has 1 rings (SSSR count). The highest BCUT2D eigenvalue weighted by atomic mass is 32.2. The minimum Gasteiger partial charge on any atom is -0.396 e. The zero-order valence-electron chi connectivity index (χ0n) is 12.3. The number of hydrogen-bond acceptors (Lipinski definition) is 4. The number of sulfone groups is 1. The van der Waals surface area contributed by atoms with Crippen molar-refractivity contribution in [3.63, 3.8) is 0 Å². The Labute approximate surface area is 122 Å². The van der Waals surface area contributed by atoms with E-state index in [-0.39, 0.29) is 12.4 Å². The Morgan fingerprint density at radius 1 is 1.25 bits per heavy atom. The molecule has 0 aromatic heterocycles. The van der Waals surface area contributed by atoms with Gasteiger partial charge < -0.3 is 10.4 Å². The van der Waals surface area contributed by atoms with Crippen molar-refractivity contribution in [2.75, 3.05) is 24.2 Å². The van der Waals surface area contributed by atoms with E-state index in [1.165, 1.54) is 0 Å². The zero-order valence-corrected chi connectivity index (χ0v) is 13.1. The molecule has 0 fully saturated rings. The molecule has 114 valence electrons. The molecule has 0 saturated carbocycles. The third-order valence-electron chi connectivity index (χ3n) is 3.39. The zero-order chi connectivity index (χ0) is 15.0. The summed E-state index contributed by atoms with van der Waals surface area (Å²) >= 11 is 0. The summed E-state index contributed by atoms with van der Waals surface area (Å²) in [5.41, 5.74) is 0.664. The van der Waals surface area contributed by atoms with Gasteiger partial charge in [-0.2, -0.15) is 0 Å². The van der Waals surface area contributed by atoms with Crippen molar-refractivity contribution < 1.29 is 13.5 Å². The largest absolute Gasteiger partial charge is 0.396 e. The summed E-state index contributed by atoms with van der Waals surface area (Å²) in [7, 11) is -3.22. The normalized spacial score (nSPS) is 13.2. The van der Waals surface area contributed by atoms with E-state index in [1.54, 1.807) is 18.2 Å². The van der Waals surface area contributed by atoms with E-state index in [0.717, 1.165) is 12.8 Å². The standard InChI is InChI=1S/C15H25NO3S/c1-3-11-20(18,19)15-8-6-5-7-14(15)16-12-13(4-2)9-10-17/h5-8,13,16-17H,3-4,9-12H2,1-2H3. The molecule has 5 heteroatoms. The number of hydrogen-bond donors (Lipinski definition) is 2. The smallest absolute Gasteiger partial charge is 0.180 e. The maximum atomic E-state index is 12.2. The SMILES string of the molecule is CCCS(=O)(=O)c1ccccc1NCC(CC)CCO. The van der Waals surface area contributed by atoms with Crippen LogP contribution in [0.2, 0.25) is 0 Å². The Kier molecular flexibility index (Phi) is 7.02. The molecule has 0 saturated heterocycles. The minimum atomic E-state index is -3.22. The van der Waals surface area contributed by atoms with Gasteiger partial charge in [-0.15, -0.1) is 0 Å². The van der Waals surface area contributed by atoms with Crippen molar-refractivity contribution >= 4 is 15.5 Å². The predicted octanol–water partition coefficient (Wildman–Crippen LogP) is 2.69. The minimum absolute atomic E-state index is 0.163. The van der Waals surface area contributed by atoms with Crippen LogP contribution in [-0.4, -0.2) is 32.4 Å². The van der Waals surface area contributed by atoms with E-state index in [0.29, 0.717) is 29.5 Å². The molecule has 4 nitrogen and oxygen atoms in total. The van der Waals surface area contributed by atoms with Crippen molar-refractivity contribution in [3.05, 3.63) is 24.3 Å². The summed E-state index contributed by atoms with van der Waals surface area (Å²) in [6, 6.07) is 7.04. The maximum Gasteiger partial charge on any atom is 0.180 e. The highest BCUT2D eigenvalue weighted by molar-refractivity contribution is 7.91. The molecule has 2 N–H and O–H groups in total. The molecule has 1 atom stereocenters. The van der Waals surface area contributed by atoms with Crippen LogP contribution in [0.5, 0.6) is 0 Å². The van der Waals surface area contributed by atoms with Gasteiger partial charge in [0.05, 0.1) is 16.3 Å². The molecule has 0 aliphatic rings. The Balaban J connectivity index is 2.86. The highest BCUT2D eigenvalue weighted by Crippen LogP contribution is 2.23. The van der Waals surface area contributed by atoms with Crippen LogP contribution in [0.25, 0.3) is 0 Å². The van der Waals surface area contributed by atoms with Crippen LogP contribution >= 0.6 is 0 Å². The van der Waals surface area contributed by atoms with Crippen LogP contribution in [0.15, 0.2) is 29.2 Å². The number of aliphatic hydroxyl groups excluding tert-OH is 1. The number of rotatable bonds is 9. The van der Waals surface area contributed by atoms with Crippen LogP contribution in [0.3, 0.4) is 0 Å². The van der Waals surface area contributed by atoms with Crippen LogP contribution in [-0.2, 0) is 9.84 Å². The van der Waals surface area contributed by atoms with Gasteiger partial charge in [0.2, 0.25) is 0 Å². The molecular weight excluding hydrogens is 274 g/mol. The third kappa shape index (κ3) is 4.80. The Morgan fingerprint density at radius 3 is 2.55 bits per heavy atom. The number of para-hydroxylation sites is 1. The average molecular weight is 299 g/mol. The molecule has 1 unspecified atom stereocenters. The van der Waals surface area contributed by atoms with Crippen molar-refractivity contribution in [2.24, 2.45) is 5.92 Å². The lowest BCUT2D eigenvalue weighted by Crippen LogP contribution is -2.17. The summed E-state index contributed by atoms with van der Waals surface area (Å²) in [5.74, 6) is 0.515. The van der Waals surface area contributed by atoms with Crippen molar-refractivity contribution in [1.82, 2.24) is 0 Å². The summed E-state index contributed by atoms with van der Waals surface area (Å²) in [6.07, 6.45) is 2.30. The summed E-state index contributed by atoms with van der Waals surface area (Å²) in [5, 5.41) is 12.2. The van der Waals surface area contributed by atoms with Gasteiger partial charge in [-0.05, 0) is 30.9 Å². The van der Waals surface area contributed by atoms with Gasteiger partial charge in [0, 0.05) is 13.2 Å². The lowest BCUT2D eigenvalue weighted by atomic mass is 10.0. The van der Waals surface area contributed by atoms with E-state index in [1.807, 2.05) is 13.0 Å². The van der Waals surface area contributed by atoms with Crippen molar-refractivity contribution in [3.8, 4) is 0 Å². The number of aliphatic hydroxyl groups is 1. The molecule has 0 spiro atoms. The van der Waals surface area contributed by atoms with Crippen molar-refractivity contribution in [1.29, 1.82) is 0 Å². The maximum absolute atomic E-state index is 12.2. The van der Waals surface area contributed by atoms with Crippen molar-refractivity contribution in [2.45, 2.75) is 38.0 Å². The second-order valence-electron chi connectivity index (χ2n) is 4.98. The summed E-state index contributed by atoms with van der Waals surface area (Å²) in [4.78, 5) is 0.376. The Hall–Kier alpha value is -1.07. The second-order valence-corrected chi connectivity index (χ2v) is 7.06. The van der Waals surface area contributed by atoms with Gasteiger partial charge in [-0.25, -0.2) is 8.42 Å². The molecule has 0 aliphatic heterocycles. The quantitative estimate of drug-likeness (QED) is 0.736. The van der Waals surface area contributed by atoms with Crippen LogP contribution < -0.4 is 5.32 Å². The molecule has 0 radical (unpaired) electrons. The first-order valence-electron chi connectivity index (χ1n) is 7.21. The first kappa shape index (κ1) is 17.0. The lowest BCUT2D eigenvalue weighted by Gasteiger charge is -2.17. The highest BCUT2D eigenvalue weighted by Gasteiger charge is 2.17. The lowest BCUT2D eigenvalue weighted by molar-refractivity contribution is 0.258. The topological polar surface area (TPSA) is 66.4 Å². The second kappa shape index (κ2) is 8.27. The van der Waals surface area contributed by atoms with Crippen LogP contribution in [0.4, 0.5) is 5.69 Å². The number of nitrogens with one attached hydrogen (secondary N) is 1. The fraction of sp³-hybridized carbons (Fsp3) is 0.600. The fourth-order valence-corrected chi connectivity index (χ4v) is 3.67. The van der Waals surface area contributed by atoms with Gasteiger partial charge in [-0.1, -0.05) is 32.4 Å². The first-order chi connectivity index (χ1) is 9.55. The molecule has 0 bridgehead atoms. The summed E-state index contributed by atoms with van der Waals surface area (Å²) < 4.78 is 24.4. The summed E-state index contributed by atoms with van der Waals surface area (Å²) in [6.45, 7) is 4.77. The van der Waals surface area contributed by atoms with Gasteiger partial charge in [0.25, 0.3) is 0 Å². The Morgan fingerprint density at radius 2 is 1.95 bits per heavy atom. The molecule has 20 heavy (non-hydrogen) atoms. The van der Waals surface area contributed by atoms with E-state index >= 15 is 0 Å². The molecule has 0 amide bonds. The molecule has 0 aliphatic carbocycles. The van der Waals surface area contributed by atoms with Gasteiger partial charge in [0.1, 0.15) is 0 Å². The van der Waals surface area contributed by atoms with E-state index in [4.69, 9.17) is 5.11 Å². The molecular formula is C15H25NO3S. The van der Waals surface area contributed by atoms with Crippen LogP contribution in [0.1, 0.15) is 33.1 Å². The van der Waals surface area contributed by atoms with Gasteiger partial charge in [-0.3, -0.25) is 0 Å². The molecule has 0 heterocycles. The third-order valence-corrected chi connectivity index (χ3v) is 5.36. The van der Waals surface area contributed by atoms with E-state index < -0.39 is 9.84 Å². The van der Waals surface area contributed by atoms with E-state index in [2.05, 4.69) is 12.2 Å². The number of anilines is 1. The number of benzene rings is 1.